The third-order valence-electron chi connectivity index (χ3n) is 1.06. The minimum atomic E-state index is -0.836. The molecule has 0 unspecified atom stereocenters. The molecule has 0 saturated carbocycles. The Morgan fingerprint density at radius 1 is 1.82 bits per heavy atom. The summed E-state index contributed by atoms with van der Waals surface area (Å²) in [5.74, 6) is -0.836. The molecule has 0 atom stereocenters. The Balaban J connectivity index is 2.45. The maximum absolute atomic E-state index is 10.1. The number of halogens is 1. The Bertz CT molecular complexity index is 260. The second kappa shape index (κ2) is 3.47. The molecule has 1 heterocycles. The molecule has 0 aliphatic rings. The van der Waals surface area contributed by atoms with Crippen LogP contribution in [-0.4, -0.2) is 25.8 Å². The van der Waals surface area contributed by atoms with Crippen molar-refractivity contribution in [3.05, 3.63) is 11.1 Å². The molecule has 0 fully saturated rings. The molecule has 60 valence electrons. The van der Waals surface area contributed by atoms with Crippen molar-refractivity contribution in [2.24, 2.45) is 0 Å². The van der Waals surface area contributed by atoms with E-state index in [9.17, 15) is 4.79 Å². The SMILES string of the molecule is O=C(O)CCn1cnc(Br)n1. The maximum Gasteiger partial charge on any atom is 0.305 e. The number of aliphatic carboxylic acids is 1. The van der Waals surface area contributed by atoms with Crippen LogP contribution >= 0.6 is 15.9 Å². The van der Waals surface area contributed by atoms with Gasteiger partial charge in [0.15, 0.2) is 0 Å². The predicted octanol–water partition coefficient (Wildman–Crippen LogP) is 0.515. The van der Waals surface area contributed by atoms with E-state index >= 15 is 0 Å². The molecule has 1 aromatic heterocycles. The van der Waals surface area contributed by atoms with Crippen molar-refractivity contribution in [1.29, 1.82) is 0 Å². The number of carboxylic acids is 1. The summed E-state index contributed by atoms with van der Waals surface area (Å²) in [7, 11) is 0. The monoisotopic (exact) mass is 219 g/mol. The van der Waals surface area contributed by atoms with Gasteiger partial charge in [0.05, 0.1) is 13.0 Å². The number of carboxylic acid groups (broad SMARTS) is 1. The summed E-state index contributed by atoms with van der Waals surface area (Å²) in [6.07, 6.45) is 1.54. The van der Waals surface area contributed by atoms with Crippen LogP contribution in [0.3, 0.4) is 0 Å². The van der Waals surface area contributed by atoms with E-state index in [4.69, 9.17) is 5.11 Å². The van der Waals surface area contributed by atoms with Crippen LogP contribution in [0.2, 0.25) is 0 Å². The lowest BCUT2D eigenvalue weighted by atomic mass is 10.4. The lowest BCUT2D eigenvalue weighted by molar-refractivity contribution is -0.137. The summed E-state index contributed by atoms with van der Waals surface area (Å²) in [6, 6.07) is 0. The number of nitrogens with zero attached hydrogens (tertiary/aromatic N) is 3. The van der Waals surface area contributed by atoms with Crippen molar-refractivity contribution in [3.8, 4) is 0 Å². The zero-order chi connectivity index (χ0) is 8.27. The van der Waals surface area contributed by atoms with Gasteiger partial charge in [-0.2, -0.15) is 0 Å². The Kier molecular flexibility index (Phi) is 2.58. The predicted molar refractivity (Wildman–Crippen MR) is 40.0 cm³/mol. The van der Waals surface area contributed by atoms with Gasteiger partial charge in [0.2, 0.25) is 4.73 Å². The Morgan fingerprint density at radius 3 is 3.00 bits per heavy atom. The molecular formula is C5H6BrN3O2. The van der Waals surface area contributed by atoms with Crippen LogP contribution in [0.5, 0.6) is 0 Å². The molecule has 6 heteroatoms. The van der Waals surface area contributed by atoms with Crippen LogP contribution in [0.1, 0.15) is 6.42 Å². The second-order valence-electron chi connectivity index (χ2n) is 1.92. The molecule has 0 aromatic carbocycles. The van der Waals surface area contributed by atoms with Crippen molar-refractivity contribution in [2.75, 3.05) is 0 Å². The van der Waals surface area contributed by atoms with E-state index in [1.165, 1.54) is 11.0 Å². The third kappa shape index (κ3) is 2.67. The fourth-order valence-electron chi connectivity index (χ4n) is 0.590. The van der Waals surface area contributed by atoms with Crippen molar-refractivity contribution in [1.82, 2.24) is 14.8 Å². The van der Waals surface area contributed by atoms with Crippen LogP contribution in [0.25, 0.3) is 0 Å². The molecule has 1 rings (SSSR count). The molecule has 0 aliphatic heterocycles. The second-order valence-corrected chi connectivity index (χ2v) is 2.63. The van der Waals surface area contributed by atoms with Crippen molar-refractivity contribution < 1.29 is 9.90 Å². The van der Waals surface area contributed by atoms with Gasteiger partial charge in [-0.05, 0) is 15.9 Å². The van der Waals surface area contributed by atoms with Crippen LogP contribution in [-0.2, 0) is 11.3 Å². The van der Waals surface area contributed by atoms with Gasteiger partial charge in [0.1, 0.15) is 6.33 Å². The number of aromatic nitrogens is 3. The van der Waals surface area contributed by atoms with Crippen LogP contribution in [0.4, 0.5) is 0 Å². The molecule has 0 spiro atoms. The molecule has 5 nitrogen and oxygen atoms in total. The van der Waals surface area contributed by atoms with E-state index in [2.05, 4.69) is 26.0 Å². The largest absolute Gasteiger partial charge is 0.481 e. The first-order valence-corrected chi connectivity index (χ1v) is 3.74. The van der Waals surface area contributed by atoms with Gasteiger partial charge in [0.25, 0.3) is 0 Å². The highest BCUT2D eigenvalue weighted by Crippen LogP contribution is 1.98. The molecule has 1 N–H and O–H groups in total. The first kappa shape index (κ1) is 8.19. The van der Waals surface area contributed by atoms with Crippen LogP contribution in [0.15, 0.2) is 11.1 Å². The van der Waals surface area contributed by atoms with E-state index in [-0.39, 0.29) is 6.42 Å². The normalized spacial score (nSPS) is 9.91. The van der Waals surface area contributed by atoms with E-state index < -0.39 is 5.97 Å². The number of aryl methyl sites for hydroxylation is 1. The quantitative estimate of drug-likeness (QED) is 0.805. The van der Waals surface area contributed by atoms with Crippen molar-refractivity contribution >= 4 is 21.9 Å². The number of hydrogen-bond donors (Lipinski definition) is 1. The van der Waals surface area contributed by atoms with E-state index in [1.807, 2.05) is 0 Å². The molecule has 0 bridgehead atoms. The molecule has 0 aliphatic carbocycles. The summed E-state index contributed by atoms with van der Waals surface area (Å²) in [5.41, 5.74) is 0. The average molecular weight is 220 g/mol. The van der Waals surface area contributed by atoms with Crippen molar-refractivity contribution in [2.45, 2.75) is 13.0 Å². The minimum Gasteiger partial charge on any atom is -0.481 e. The molecule has 0 saturated heterocycles. The highest BCUT2D eigenvalue weighted by molar-refractivity contribution is 9.10. The molecule has 0 radical (unpaired) electrons. The lowest BCUT2D eigenvalue weighted by Gasteiger charge is -1.93. The van der Waals surface area contributed by atoms with E-state index in [0.29, 0.717) is 11.3 Å². The fraction of sp³-hybridized carbons (Fsp3) is 0.400. The van der Waals surface area contributed by atoms with Gasteiger partial charge < -0.3 is 5.11 Å². The van der Waals surface area contributed by atoms with Gasteiger partial charge in [0, 0.05) is 0 Å². The molecular weight excluding hydrogens is 214 g/mol. The standard InChI is InChI=1S/C5H6BrN3O2/c6-5-7-3-9(8-5)2-1-4(10)11/h3H,1-2H2,(H,10,11). The number of carbonyl (C=O) groups is 1. The highest BCUT2D eigenvalue weighted by atomic mass is 79.9. The molecule has 0 amide bonds. The topological polar surface area (TPSA) is 68.0 Å². The summed E-state index contributed by atoms with van der Waals surface area (Å²) < 4.78 is 1.95. The van der Waals surface area contributed by atoms with E-state index in [0.717, 1.165) is 0 Å². The highest BCUT2D eigenvalue weighted by Gasteiger charge is 1.99. The Labute approximate surface area is 71.2 Å². The van der Waals surface area contributed by atoms with Gasteiger partial charge in [-0.15, -0.1) is 5.10 Å². The first-order valence-electron chi connectivity index (χ1n) is 2.95. The smallest absolute Gasteiger partial charge is 0.305 e. The lowest BCUT2D eigenvalue weighted by Crippen LogP contribution is -2.04. The number of rotatable bonds is 3. The summed E-state index contributed by atoms with van der Waals surface area (Å²) in [5, 5.41) is 12.1. The van der Waals surface area contributed by atoms with Gasteiger partial charge in [-0.1, -0.05) is 0 Å². The Hall–Kier alpha value is -0.910. The van der Waals surface area contributed by atoms with Gasteiger partial charge in [-0.3, -0.25) is 9.48 Å². The third-order valence-corrected chi connectivity index (χ3v) is 1.43. The fourth-order valence-corrected chi connectivity index (χ4v) is 0.885. The Morgan fingerprint density at radius 2 is 2.55 bits per heavy atom. The summed E-state index contributed by atoms with van der Waals surface area (Å²) in [6.45, 7) is 0.355. The van der Waals surface area contributed by atoms with Crippen LogP contribution < -0.4 is 0 Å². The zero-order valence-electron chi connectivity index (χ0n) is 5.57. The average Bonchev–Trinajstić information content (AvgIpc) is 2.31. The zero-order valence-corrected chi connectivity index (χ0v) is 7.15. The van der Waals surface area contributed by atoms with Gasteiger partial charge >= 0.3 is 5.97 Å². The van der Waals surface area contributed by atoms with E-state index in [1.54, 1.807) is 0 Å². The molecule has 11 heavy (non-hydrogen) atoms. The minimum absolute atomic E-state index is 0.0653. The number of hydrogen-bond acceptors (Lipinski definition) is 3. The molecule has 1 aromatic rings. The first-order chi connectivity index (χ1) is 5.18. The summed E-state index contributed by atoms with van der Waals surface area (Å²) in [4.78, 5) is 13.9. The maximum atomic E-state index is 10.1. The van der Waals surface area contributed by atoms with Gasteiger partial charge in [-0.25, -0.2) is 4.98 Å². The van der Waals surface area contributed by atoms with Crippen LogP contribution in [0, 0.1) is 0 Å². The van der Waals surface area contributed by atoms with Crippen molar-refractivity contribution in [3.63, 3.8) is 0 Å². The summed E-state index contributed by atoms with van der Waals surface area (Å²) >= 11 is 3.05.